The van der Waals surface area contributed by atoms with E-state index in [0.29, 0.717) is 23.8 Å². The van der Waals surface area contributed by atoms with Crippen molar-refractivity contribution in [1.82, 2.24) is 9.88 Å². The molecular formula is C20H24N2O2S. The van der Waals surface area contributed by atoms with Gasteiger partial charge < -0.3 is 9.88 Å². The van der Waals surface area contributed by atoms with Gasteiger partial charge in [-0.25, -0.2) is 0 Å². The molecule has 1 aliphatic carbocycles. The van der Waals surface area contributed by atoms with Crippen LogP contribution in [0.15, 0.2) is 29.2 Å². The van der Waals surface area contributed by atoms with Gasteiger partial charge in [0.2, 0.25) is 0 Å². The zero-order valence-corrected chi connectivity index (χ0v) is 16.0. The van der Waals surface area contributed by atoms with Gasteiger partial charge in [-0.2, -0.15) is 0 Å². The fourth-order valence-electron chi connectivity index (χ4n) is 3.25. The van der Waals surface area contributed by atoms with E-state index in [-0.39, 0.29) is 11.7 Å². The Bertz CT molecular complexity index is 804. The summed E-state index contributed by atoms with van der Waals surface area (Å²) in [7, 11) is 0. The lowest BCUT2D eigenvalue weighted by Crippen LogP contribution is -2.33. The number of nitrogens with one attached hydrogen (secondary N) is 1. The van der Waals surface area contributed by atoms with Crippen LogP contribution in [0.2, 0.25) is 0 Å². The quantitative estimate of drug-likeness (QED) is 0.618. The van der Waals surface area contributed by atoms with Gasteiger partial charge in [0.25, 0.3) is 5.91 Å². The number of hydrogen-bond donors (Lipinski definition) is 1. The SMILES string of the molecule is CSc1ccc(CN(C(=O)c2c(C)[nH]c(C(C)=O)c2C)C2CC2)cc1. The molecule has 4 nitrogen and oxygen atoms in total. The maximum Gasteiger partial charge on any atom is 0.256 e. The Morgan fingerprint density at radius 1 is 1.20 bits per heavy atom. The van der Waals surface area contributed by atoms with E-state index in [2.05, 4.69) is 35.5 Å². The molecule has 2 aromatic rings. The Morgan fingerprint density at radius 2 is 1.84 bits per heavy atom. The number of ketones is 1. The van der Waals surface area contributed by atoms with Gasteiger partial charge in [0.1, 0.15) is 0 Å². The molecule has 0 spiro atoms. The minimum Gasteiger partial charge on any atom is -0.355 e. The molecule has 25 heavy (non-hydrogen) atoms. The minimum atomic E-state index is -0.0368. The van der Waals surface area contributed by atoms with Crippen LogP contribution in [0.1, 0.15) is 57.4 Å². The number of rotatable bonds is 6. The highest BCUT2D eigenvalue weighted by Crippen LogP contribution is 2.32. The lowest BCUT2D eigenvalue weighted by atomic mass is 10.1. The van der Waals surface area contributed by atoms with Crippen LogP contribution in [0.3, 0.4) is 0 Å². The second-order valence-electron chi connectivity index (χ2n) is 6.69. The molecule has 3 rings (SSSR count). The smallest absolute Gasteiger partial charge is 0.256 e. The average Bonchev–Trinajstić information content (AvgIpc) is 3.38. The number of carbonyl (C=O) groups excluding carboxylic acids is 2. The van der Waals surface area contributed by atoms with Gasteiger partial charge in [0.05, 0.1) is 11.3 Å². The first kappa shape index (κ1) is 17.8. The molecule has 0 atom stereocenters. The second-order valence-corrected chi connectivity index (χ2v) is 7.57. The van der Waals surface area contributed by atoms with Crippen molar-refractivity contribution in [2.24, 2.45) is 0 Å². The van der Waals surface area contributed by atoms with Crippen LogP contribution in [0.4, 0.5) is 0 Å². The largest absolute Gasteiger partial charge is 0.355 e. The summed E-state index contributed by atoms with van der Waals surface area (Å²) in [5, 5.41) is 0. The third kappa shape index (κ3) is 3.66. The van der Waals surface area contributed by atoms with E-state index >= 15 is 0 Å². The van der Waals surface area contributed by atoms with Crippen LogP contribution in [0, 0.1) is 13.8 Å². The molecule has 1 amide bonds. The molecule has 0 aliphatic heterocycles. The number of nitrogens with zero attached hydrogens (tertiary/aromatic N) is 1. The summed E-state index contributed by atoms with van der Waals surface area (Å²) in [6, 6.07) is 8.67. The molecule has 1 aromatic heterocycles. The first-order valence-electron chi connectivity index (χ1n) is 8.56. The third-order valence-electron chi connectivity index (χ3n) is 4.76. The molecule has 1 aliphatic rings. The van der Waals surface area contributed by atoms with Crippen LogP contribution in [0.5, 0.6) is 0 Å². The molecule has 1 aromatic carbocycles. The van der Waals surface area contributed by atoms with Gasteiger partial charge in [-0.3, -0.25) is 9.59 Å². The van der Waals surface area contributed by atoms with Crippen molar-refractivity contribution in [2.45, 2.75) is 51.1 Å². The fourth-order valence-corrected chi connectivity index (χ4v) is 3.66. The molecule has 1 heterocycles. The number of amides is 1. The number of benzene rings is 1. The lowest BCUT2D eigenvalue weighted by molar-refractivity contribution is 0.0728. The minimum absolute atomic E-state index is 0.0233. The summed E-state index contributed by atoms with van der Waals surface area (Å²) in [6.07, 6.45) is 4.16. The highest BCUT2D eigenvalue weighted by Gasteiger charge is 2.35. The van der Waals surface area contributed by atoms with Gasteiger partial charge in [-0.15, -0.1) is 11.8 Å². The number of hydrogen-bond acceptors (Lipinski definition) is 3. The molecule has 1 saturated carbocycles. The summed E-state index contributed by atoms with van der Waals surface area (Å²) < 4.78 is 0. The number of carbonyl (C=O) groups is 2. The number of aromatic amines is 1. The fraction of sp³-hybridized carbons (Fsp3) is 0.400. The monoisotopic (exact) mass is 356 g/mol. The molecule has 132 valence electrons. The Hall–Kier alpha value is -2.01. The average molecular weight is 356 g/mol. The topological polar surface area (TPSA) is 53.2 Å². The van der Waals surface area contributed by atoms with Crippen molar-refractivity contribution in [3.8, 4) is 0 Å². The van der Waals surface area contributed by atoms with E-state index in [9.17, 15) is 9.59 Å². The molecule has 0 unspecified atom stereocenters. The van der Waals surface area contributed by atoms with Crippen molar-refractivity contribution in [1.29, 1.82) is 0 Å². The lowest BCUT2D eigenvalue weighted by Gasteiger charge is -2.23. The summed E-state index contributed by atoms with van der Waals surface area (Å²) >= 11 is 1.71. The van der Waals surface area contributed by atoms with Gasteiger partial charge in [-0.05, 0) is 56.2 Å². The Balaban J connectivity index is 1.88. The zero-order chi connectivity index (χ0) is 18.1. The second kappa shape index (κ2) is 7.08. The van der Waals surface area contributed by atoms with Crippen molar-refractivity contribution < 1.29 is 9.59 Å². The number of thioether (sulfide) groups is 1. The molecular weight excluding hydrogens is 332 g/mol. The van der Waals surface area contributed by atoms with E-state index in [1.807, 2.05) is 18.7 Å². The van der Waals surface area contributed by atoms with Gasteiger partial charge in [0.15, 0.2) is 5.78 Å². The summed E-state index contributed by atoms with van der Waals surface area (Å²) in [5.74, 6) is -0.0135. The van der Waals surface area contributed by atoms with Crippen molar-refractivity contribution in [3.05, 3.63) is 52.3 Å². The molecule has 1 fully saturated rings. The zero-order valence-electron chi connectivity index (χ0n) is 15.2. The van der Waals surface area contributed by atoms with Crippen LogP contribution >= 0.6 is 11.8 Å². The van der Waals surface area contributed by atoms with Crippen LogP contribution in [-0.4, -0.2) is 33.9 Å². The van der Waals surface area contributed by atoms with Crippen LogP contribution < -0.4 is 0 Å². The maximum atomic E-state index is 13.2. The molecule has 0 radical (unpaired) electrons. The third-order valence-corrected chi connectivity index (χ3v) is 5.51. The Kier molecular flexibility index (Phi) is 5.04. The predicted molar refractivity (Wildman–Crippen MR) is 101 cm³/mol. The maximum absolute atomic E-state index is 13.2. The normalized spacial score (nSPS) is 13.8. The van der Waals surface area contributed by atoms with E-state index in [1.54, 1.807) is 11.8 Å². The van der Waals surface area contributed by atoms with Gasteiger partial charge in [0, 0.05) is 30.1 Å². The van der Waals surface area contributed by atoms with Gasteiger partial charge >= 0.3 is 0 Å². The molecule has 5 heteroatoms. The van der Waals surface area contributed by atoms with E-state index in [4.69, 9.17) is 0 Å². The van der Waals surface area contributed by atoms with Crippen LogP contribution in [0.25, 0.3) is 0 Å². The number of aromatic nitrogens is 1. The first-order valence-corrected chi connectivity index (χ1v) is 9.78. The van der Waals surface area contributed by atoms with Crippen molar-refractivity contribution in [3.63, 3.8) is 0 Å². The van der Waals surface area contributed by atoms with Crippen LogP contribution in [-0.2, 0) is 6.54 Å². The van der Waals surface area contributed by atoms with Crippen molar-refractivity contribution >= 4 is 23.5 Å². The van der Waals surface area contributed by atoms with Gasteiger partial charge in [-0.1, -0.05) is 12.1 Å². The summed E-state index contributed by atoms with van der Waals surface area (Å²) in [5.41, 5.74) is 3.86. The van der Waals surface area contributed by atoms with Crippen molar-refractivity contribution in [2.75, 3.05) is 6.26 Å². The van der Waals surface area contributed by atoms with E-state index in [1.165, 1.54) is 11.8 Å². The van der Waals surface area contributed by atoms with E-state index in [0.717, 1.165) is 29.7 Å². The number of aryl methyl sites for hydroxylation is 1. The molecule has 0 saturated heterocycles. The standard InChI is InChI=1S/C20H24N2O2S/c1-12-18(13(2)21-19(12)14(3)23)20(24)22(16-7-8-16)11-15-5-9-17(25-4)10-6-15/h5-6,9-10,16,21H,7-8,11H2,1-4H3. The predicted octanol–water partition coefficient (Wildman–Crippen LogP) is 4.36. The first-order chi connectivity index (χ1) is 11.9. The molecule has 1 N–H and O–H groups in total. The summed E-state index contributed by atoms with van der Waals surface area (Å²) in [6.45, 7) is 5.85. The summed E-state index contributed by atoms with van der Waals surface area (Å²) in [4.78, 5) is 31.3. The highest BCUT2D eigenvalue weighted by atomic mass is 32.2. The van der Waals surface area contributed by atoms with E-state index < -0.39 is 0 Å². The number of H-pyrrole nitrogens is 1. The Morgan fingerprint density at radius 3 is 2.32 bits per heavy atom. The molecule has 0 bridgehead atoms. The number of Topliss-reactive ketones (excluding diaryl/α,β-unsaturated/α-hetero) is 1. The highest BCUT2D eigenvalue weighted by molar-refractivity contribution is 7.98. The Labute approximate surface area is 153 Å².